The first-order valence-electron chi connectivity index (χ1n) is 5.75. The Morgan fingerprint density at radius 2 is 2.25 bits per heavy atom. The van der Waals surface area contributed by atoms with Crippen molar-refractivity contribution in [2.45, 2.75) is 0 Å². The minimum atomic E-state index is -0.363. The number of ether oxygens (including phenoxy) is 1. The molecule has 2 aromatic heterocycles. The van der Waals surface area contributed by atoms with E-state index in [1.54, 1.807) is 18.2 Å². The maximum Gasteiger partial charge on any atom is 0.292 e. The summed E-state index contributed by atoms with van der Waals surface area (Å²) in [6.07, 6.45) is 1.49. The number of nitriles is 1. The highest BCUT2D eigenvalue weighted by Crippen LogP contribution is 2.29. The van der Waals surface area contributed by atoms with E-state index < -0.39 is 0 Å². The Labute approximate surface area is 112 Å². The summed E-state index contributed by atoms with van der Waals surface area (Å²) in [6.45, 7) is 0. The van der Waals surface area contributed by atoms with Gasteiger partial charge in [-0.05, 0) is 18.2 Å². The zero-order valence-electron chi connectivity index (χ0n) is 10.5. The van der Waals surface area contributed by atoms with E-state index in [4.69, 9.17) is 10.00 Å². The molecule has 98 valence electrons. The largest absolute Gasteiger partial charge is 0.496 e. The number of H-pyrrole nitrogens is 2. The molecular weight excluding hydrogens is 258 g/mol. The molecule has 0 unspecified atom stereocenters. The molecule has 0 saturated carbocycles. The minimum Gasteiger partial charge on any atom is -0.496 e. The first-order chi connectivity index (χ1) is 9.72. The van der Waals surface area contributed by atoms with E-state index >= 15 is 0 Å². The molecule has 0 aliphatic rings. The van der Waals surface area contributed by atoms with Crippen LogP contribution in [0.4, 0.5) is 0 Å². The number of benzene rings is 1. The maximum atomic E-state index is 11.6. The number of rotatable bonds is 2. The SMILES string of the molecule is COc1cc(C#N)ccc1-c1nc2c(=O)[nH]ncc2[nH]1. The van der Waals surface area contributed by atoms with Gasteiger partial charge in [-0.25, -0.2) is 10.1 Å². The van der Waals surface area contributed by atoms with Gasteiger partial charge >= 0.3 is 0 Å². The quantitative estimate of drug-likeness (QED) is 0.725. The summed E-state index contributed by atoms with van der Waals surface area (Å²) in [6, 6.07) is 7.04. The number of fused-ring (bicyclic) bond motifs is 1. The number of hydrogen-bond acceptors (Lipinski definition) is 5. The third kappa shape index (κ3) is 1.80. The number of aromatic nitrogens is 4. The van der Waals surface area contributed by atoms with Gasteiger partial charge in [-0.15, -0.1) is 0 Å². The molecule has 0 bridgehead atoms. The fourth-order valence-electron chi connectivity index (χ4n) is 1.95. The molecule has 0 spiro atoms. The summed E-state index contributed by atoms with van der Waals surface area (Å²) in [4.78, 5) is 18.9. The van der Waals surface area contributed by atoms with Crippen molar-refractivity contribution in [2.75, 3.05) is 7.11 Å². The molecule has 7 nitrogen and oxygen atoms in total. The van der Waals surface area contributed by atoms with Gasteiger partial charge in [0.05, 0.1) is 36.0 Å². The lowest BCUT2D eigenvalue weighted by molar-refractivity contribution is 0.416. The second-order valence-corrected chi connectivity index (χ2v) is 4.07. The number of imidazole rings is 1. The Hall–Kier alpha value is -3.14. The van der Waals surface area contributed by atoms with Crippen LogP contribution < -0.4 is 10.3 Å². The van der Waals surface area contributed by atoms with E-state index in [1.165, 1.54) is 13.3 Å². The van der Waals surface area contributed by atoms with Crippen molar-refractivity contribution >= 4 is 11.0 Å². The van der Waals surface area contributed by atoms with Gasteiger partial charge in [0.1, 0.15) is 11.6 Å². The first-order valence-corrected chi connectivity index (χ1v) is 5.75. The zero-order chi connectivity index (χ0) is 14.1. The Bertz CT molecular complexity index is 888. The van der Waals surface area contributed by atoms with Crippen LogP contribution in [0.5, 0.6) is 5.75 Å². The molecule has 20 heavy (non-hydrogen) atoms. The van der Waals surface area contributed by atoms with Gasteiger partial charge in [-0.3, -0.25) is 4.79 Å². The molecule has 0 atom stereocenters. The number of nitrogens with one attached hydrogen (secondary N) is 2. The highest BCUT2D eigenvalue weighted by Gasteiger charge is 2.13. The van der Waals surface area contributed by atoms with E-state index in [1.807, 2.05) is 6.07 Å². The fourth-order valence-corrected chi connectivity index (χ4v) is 1.95. The van der Waals surface area contributed by atoms with Crippen molar-refractivity contribution < 1.29 is 4.74 Å². The molecule has 3 rings (SSSR count). The normalized spacial score (nSPS) is 10.4. The molecule has 0 fully saturated rings. The standard InChI is InChI=1S/C13H9N5O2/c1-20-10-4-7(5-14)2-3-8(10)12-16-9-6-15-18-13(19)11(9)17-12/h2-4,6H,1H3,(H,16,17)(H,18,19). The van der Waals surface area contributed by atoms with Crippen molar-refractivity contribution in [2.24, 2.45) is 0 Å². The van der Waals surface area contributed by atoms with Crippen molar-refractivity contribution in [1.29, 1.82) is 5.26 Å². The molecule has 3 aromatic rings. The van der Waals surface area contributed by atoms with Crippen LogP contribution in [-0.4, -0.2) is 27.3 Å². The topological polar surface area (TPSA) is 107 Å². The third-order valence-corrected chi connectivity index (χ3v) is 2.89. The third-order valence-electron chi connectivity index (χ3n) is 2.89. The lowest BCUT2D eigenvalue weighted by atomic mass is 10.1. The molecule has 0 aliphatic heterocycles. The summed E-state index contributed by atoms with van der Waals surface area (Å²) < 4.78 is 5.26. The highest BCUT2D eigenvalue weighted by molar-refractivity contribution is 5.79. The summed E-state index contributed by atoms with van der Waals surface area (Å²) in [7, 11) is 1.51. The molecule has 2 N–H and O–H groups in total. The molecule has 7 heteroatoms. The number of hydrogen-bond donors (Lipinski definition) is 2. The van der Waals surface area contributed by atoms with Crippen LogP contribution in [0.15, 0.2) is 29.2 Å². The van der Waals surface area contributed by atoms with E-state index in [2.05, 4.69) is 20.2 Å². The lowest BCUT2D eigenvalue weighted by Gasteiger charge is -2.05. The molecule has 2 heterocycles. The van der Waals surface area contributed by atoms with Crippen LogP contribution in [0.3, 0.4) is 0 Å². The fraction of sp³-hybridized carbons (Fsp3) is 0.0769. The van der Waals surface area contributed by atoms with Crippen LogP contribution in [0.1, 0.15) is 5.56 Å². The highest BCUT2D eigenvalue weighted by atomic mass is 16.5. The maximum absolute atomic E-state index is 11.6. The van der Waals surface area contributed by atoms with E-state index in [0.717, 1.165) is 0 Å². The van der Waals surface area contributed by atoms with Gasteiger partial charge in [0.15, 0.2) is 5.52 Å². The summed E-state index contributed by atoms with van der Waals surface area (Å²) in [5.41, 5.74) is 1.61. The predicted octanol–water partition coefficient (Wildman–Crippen LogP) is 1.19. The number of methoxy groups -OCH3 is 1. The zero-order valence-corrected chi connectivity index (χ0v) is 10.5. The van der Waals surface area contributed by atoms with E-state index in [-0.39, 0.29) is 11.1 Å². The van der Waals surface area contributed by atoms with Crippen molar-refractivity contribution in [3.8, 4) is 23.2 Å². The summed E-state index contributed by atoms with van der Waals surface area (Å²) in [5, 5.41) is 14.9. The molecule has 0 aliphatic carbocycles. The molecule has 0 saturated heterocycles. The second kappa shape index (κ2) is 4.51. The number of aromatic amines is 2. The van der Waals surface area contributed by atoms with Crippen LogP contribution in [0.25, 0.3) is 22.4 Å². The van der Waals surface area contributed by atoms with E-state index in [9.17, 15) is 4.79 Å². The minimum absolute atomic E-state index is 0.279. The van der Waals surface area contributed by atoms with Crippen molar-refractivity contribution in [3.63, 3.8) is 0 Å². The van der Waals surface area contributed by atoms with Crippen molar-refractivity contribution in [1.82, 2.24) is 20.2 Å². The molecule has 0 radical (unpaired) electrons. The predicted molar refractivity (Wildman–Crippen MR) is 71.2 cm³/mol. The number of nitrogens with zero attached hydrogens (tertiary/aromatic N) is 3. The summed E-state index contributed by atoms with van der Waals surface area (Å²) >= 11 is 0. The van der Waals surface area contributed by atoms with Gasteiger partial charge in [0, 0.05) is 0 Å². The smallest absolute Gasteiger partial charge is 0.292 e. The van der Waals surface area contributed by atoms with Gasteiger partial charge in [0.2, 0.25) is 0 Å². The lowest BCUT2D eigenvalue weighted by Crippen LogP contribution is -2.06. The van der Waals surface area contributed by atoms with Gasteiger partial charge < -0.3 is 9.72 Å². The first kappa shape index (κ1) is 11.9. The monoisotopic (exact) mass is 267 g/mol. The van der Waals surface area contributed by atoms with Crippen LogP contribution in [0, 0.1) is 11.3 Å². The van der Waals surface area contributed by atoms with Crippen molar-refractivity contribution in [3.05, 3.63) is 40.3 Å². The van der Waals surface area contributed by atoms with Crippen LogP contribution in [0.2, 0.25) is 0 Å². The Kier molecular flexibility index (Phi) is 2.69. The molecule has 0 amide bonds. The molecular formula is C13H9N5O2. The van der Waals surface area contributed by atoms with Gasteiger partial charge in [0.25, 0.3) is 5.56 Å². The average molecular weight is 267 g/mol. The van der Waals surface area contributed by atoms with Gasteiger partial charge in [-0.2, -0.15) is 10.4 Å². The molecule has 1 aromatic carbocycles. The second-order valence-electron chi connectivity index (χ2n) is 4.07. The van der Waals surface area contributed by atoms with E-state index in [0.29, 0.717) is 28.2 Å². The van der Waals surface area contributed by atoms with Crippen LogP contribution in [-0.2, 0) is 0 Å². The Balaban J connectivity index is 2.23. The van der Waals surface area contributed by atoms with Crippen LogP contribution >= 0.6 is 0 Å². The van der Waals surface area contributed by atoms with Gasteiger partial charge in [-0.1, -0.05) is 0 Å². The summed E-state index contributed by atoms with van der Waals surface area (Å²) in [5.74, 6) is 0.993. The Morgan fingerprint density at radius 1 is 1.40 bits per heavy atom. The Morgan fingerprint density at radius 3 is 2.95 bits per heavy atom. The average Bonchev–Trinajstić information content (AvgIpc) is 2.92.